The minimum atomic E-state index is -0.591. The van der Waals surface area contributed by atoms with E-state index >= 15 is 0 Å². The van der Waals surface area contributed by atoms with Gasteiger partial charge in [-0.25, -0.2) is 4.79 Å². The number of terminal acetylenes is 1. The van der Waals surface area contributed by atoms with E-state index in [0.717, 1.165) is 5.56 Å². The van der Waals surface area contributed by atoms with Crippen molar-refractivity contribution < 1.29 is 9.90 Å². The van der Waals surface area contributed by atoms with Crippen molar-refractivity contribution in [1.82, 2.24) is 5.32 Å². The standard InChI is InChI=1S/C18H18N2O2/c1-2-14-7-6-10-16(13-14)20-18(22)19-12-11-17(21)15-8-4-3-5-9-15/h1,3-10,13,17,21H,11-12H2,(H2,19,20,22). The molecule has 0 saturated carbocycles. The molecule has 1 atom stereocenters. The lowest BCUT2D eigenvalue weighted by molar-refractivity contribution is 0.167. The molecule has 2 amide bonds. The summed E-state index contributed by atoms with van der Waals surface area (Å²) in [6.45, 7) is 0.372. The summed E-state index contributed by atoms with van der Waals surface area (Å²) in [4.78, 5) is 11.8. The van der Waals surface area contributed by atoms with E-state index in [1.165, 1.54) is 0 Å². The van der Waals surface area contributed by atoms with Crippen molar-refractivity contribution in [1.29, 1.82) is 0 Å². The number of hydrogen-bond acceptors (Lipinski definition) is 2. The molecule has 2 aromatic rings. The van der Waals surface area contributed by atoms with Crippen molar-refractivity contribution in [2.75, 3.05) is 11.9 Å². The largest absolute Gasteiger partial charge is 0.388 e. The lowest BCUT2D eigenvalue weighted by Crippen LogP contribution is -2.30. The summed E-state index contributed by atoms with van der Waals surface area (Å²) in [6, 6.07) is 16.1. The van der Waals surface area contributed by atoms with Crippen molar-refractivity contribution >= 4 is 11.7 Å². The highest BCUT2D eigenvalue weighted by molar-refractivity contribution is 5.89. The van der Waals surface area contributed by atoms with E-state index in [9.17, 15) is 9.90 Å². The number of benzene rings is 2. The molecule has 3 N–H and O–H groups in total. The van der Waals surface area contributed by atoms with E-state index in [2.05, 4.69) is 16.6 Å². The summed E-state index contributed by atoms with van der Waals surface area (Å²) in [5, 5.41) is 15.4. The smallest absolute Gasteiger partial charge is 0.319 e. The molecule has 2 rings (SSSR count). The summed E-state index contributed by atoms with van der Waals surface area (Å²) < 4.78 is 0. The SMILES string of the molecule is C#Cc1cccc(NC(=O)NCCC(O)c2ccccc2)c1. The number of aliphatic hydroxyl groups is 1. The third-order valence-corrected chi connectivity index (χ3v) is 3.17. The zero-order chi connectivity index (χ0) is 15.8. The maximum absolute atomic E-state index is 11.8. The van der Waals surface area contributed by atoms with Gasteiger partial charge in [0.25, 0.3) is 0 Å². The van der Waals surface area contributed by atoms with Crippen LogP contribution in [0.3, 0.4) is 0 Å². The highest BCUT2D eigenvalue weighted by Gasteiger charge is 2.07. The summed E-state index contributed by atoms with van der Waals surface area (Å²) in [7, 11) is 0. The van der Waals surface area contributed by atoms with E-state index in [-0.39, 0.29) is 6.03 Å². The van der Waals surface area contributed by atoms with Crippen molar-refractivity contribution in [3.8, 4) is 12.3 Å². The quantitative estimate of drug-likeness (QED) is 0.743. The van der Waals surface area contributed by atoms with E-state index < -0.39 is 6.10 Å². The first-order valence-electron chi connectivity index (χ1n) is 7.03. The van der Waals surface area contributed by atoms with E-state index in [1.54, 1.807) is 24.3 Å². The fourth-order valence-electron chi connectivity index (χ4n) is 2.03. The van der Waals surface area contributed by atoms with Crippen molar-refractivity contribution in [3.05, 3.63) is 65.7 Å². The van der Waals surface area contributed by atoms with Gasteiger partial charge in [0, 0.05) is 17.8 Å². The first-order chi connectivity index (χ1) is 10.7. The van der Waals surface area contributed by atoms with Crippen LogP contribution in [0.5, 0.6) is 0 Å². The van der Waals surface area contributed by atoms with Crippen LogP contribution in [0.4, 0.5) is 10.5 Å². The molecular weight excluding hydrogens is 276 g/mol. The monoisotopic (exact) mass is 294 g/mol. The molecular formula is C18H18N2O2. The molecule has 2 aromatic carbocycles. The summed E-state index contributed by atoms with van der Waals surface area (Å²) in [6.07, 6.45) is 5.17. The lowest BCUT2D eigenvalue weighted by atomic mass is 10.1. The van der Waals surface area contributed by atoms with Gasteiger partial charge in [0.05, 0.1) is 6.10 Å². The molecule has 0 aromatic heterocycles. The molecule has 22 heavy (non-hydrogen) atoms. The Hall–Kier alpha value is -2.77. The topological polar surface area (TPSA) is 61.4 Å². The van der Waals surface area contributed by atoms with Gasteiger partial charge in [-0.3, -0.25) is 0 Å². The molecule has 0 spiro atoms. The zero-order valence-electron chi connectivity index (χ0n) is 12.1. The second-order valence-electron chi connectivity index (χ2n) is 4.82. The Morgan fingerprint density at radius 3 is 2.68 bits per heavy atom. The third-order valence-electron chi connectivity index (χ3n) is 3.17. The highest BCUT2D eigenvalue weighted by atomic mass is 16.3. The number of carbonyl (C=O) groups excluding carboxylic acids is 1. The van der Waals surface area contributed by atoms with Crippen LogP contribution in [0, 0.1) is 12.3 Å². The minimum absolute atomic E-state index is 0.325. The molecule has 0 aliphatic rings. The Morgan fingerprint density at radius 2 is 1.95 bits per heavy atom. The Labute approximate surface area is 130 Å². The van der Waals surface area contributed by atoms with Gasteiger partial charge in [0.1, 0.15) is 0 Å². The normalized spacial score (nSPS) is 11.3. The fraction of sp³-hybridized carbons (Fsp3) is 0.167. The third kappa shape index (κ3) is 4.65. The van der Waals surface area contributed by atoms with Gasteiger partial charge in [-0.05, 0) is 30.2 Å². The maximum atomic E-state index is 11.8. The zero-order valence-corrected chi connectivity index (χ0v) is 12.1. The van der Waals surface area contributed by atoms with Gasteiger partial charge in [0.15, 0.2) is 0 Å². The van der Waals surface area contributed by atoms with Gasteiger partial charge in [-0.1, -0.05) is 42.3 Å². The van der Waals surface area contributed by atoms with Crippen molar-refractivity contribution in [2.45, 2.75) is 12.5 Å². The molecule has 0 heterocycles. The van der Waals surface area contributed by atoms with Crippen LogP contribution in [0.15, 0.2) is 54.6 Å². The van der Waals surface area contributed by atoms with Gasteiger partial charge in [-0.2, -0.15) is 0 Å². The number of carbonyl (C=O) groups is 1. The predicted octanol–water partition coefficient (Wildman–Crippen LogP) is 2.91. The molecule has 4 heteroatoms. The molecule has 0 aliphatic heterocycles. The highest BCUT2D eigenvalue weighted by Crippen LogP contribution is 2.15. The fourth-order valence-corrected chi connectivity index (χ4v) is 2.03. The first-order valence-corrected chi connectivity index (χ1v) is 7.03. The number of aliphatic hydroxyl groups excluding tert-OH is 1. The molecule has 0 saturated heterocycles. The van der Waals surface area contributed by atoms with Gasteiger partial charge < -0.3 is 15.7 Å². The Balaban J connectivity index is 1.77. The van der Waals surface area contributed by atoms with Gasteiger partial charge in [0.2, 0.25) is 0 Å². The minimum Gasteiger partial charge on any atom is -0.388 e. The number of hydrogen-bond donors (Lipinski definition) is 3. The molecule has 112 valence electrons. The predicted molar refractivity (Wildman–Crippen MR) is 87.4 cm³/mol. The average molecular weight is 294 g/mol. The van der Waals surface area contributed by atoms with Crippen LogP contribution in [0.2, 0.25) is 0 Å². The van der Waals surface area contributed by atoms with E-state index in [0.29, 0.717) is 24.2 Å². The molecule has 0 fully saturated rings. The van der Waals surface area contributed by atoms with Gasteiger partial charge in [-0.15, -0.1) is 6.42 Å². The van der Waals surface area contributed by atoms with Crippen LogP contribution in [-0.2, 0) is 0 Å². The number of nitrogens with one attached hydrogen (secondary N) is 2. The van der Waals surface area contributed by atoms with Crippen LogP contribution >= 0.6 is 0 Å². The lowest BCUT2D eigenvalue weighted by Gasteiger charge is -2.12. The maximum Gasteiger partial charge on any atom is 0.319 e. The van der Waals surface area contributed by atoms with E-state index in [4.69, 9.17) is 6.42 Å². The molecule has 4 nitrogen and oxygen atoms in total. The Morgan fingerprint density at radius 1 is 1.18 bits per heavy atom. The Bertz CT molecular complexity index is 662. The van der Waals surface area contributed by atoms with Crippen molar-refractivity contribution in [3.63, 3.8) is 0 Å². The summed E-state index contributed by atoms with van der Waals surface area (Å²) in [5.41, 5.74) is 2.18. The summed E-state index contributed by atoms with van der Waals surface area (Å²) >= 11 is 0. The van der Waals surface area contributed by atoms with Crippen LogP contribution in [0.25, 0.3) is 0 Å². The van der Waals surface area contributed by atoms with Crippen LogP contribution in [-0.4, -0.2) is 17.7 Å². The van der Waals surface area contributed by atoms with Gasteiger partial charge >= 0.3 is 6.03 Å². The first kappa shape index (κ1) is 15.6. The second kappa shape index (κ2) is 7.87. The van der Waals surface area contributed by atoms with Crippen LogP contribution in [0.1, 0.15) is 23.7 Å². The molecule has 0 bridgehead atoms. The number of anilines is 1. The Kier molecular flexibility index (Phi) is 5.58. The number of urea groups is 1. The number of rotatable bonds is 5. The molecule has 0 radical (unpaired) electrons. The van der Waals surface area contributed by atoms with Crippen LogP contribution < -0.4 is 10.6 Å². The second-order valence-corrected chi connectivity index (χ2v) is 4.82. The average Bonchev–Trinajstić information content (AvgIpc) is 2.55. The molecule has 1 unspecified atom stereocenters. The van der Waals surface area contributed by atoms with Crippen molar-refractivity contribution in [2.24, 2.45) is 0 Å². The van der Waals surface area contributed by atoms with E-state index in [1.807, 2.05) is 30.3 Å². The summed E-state index contributed by atoms with van der Waals surface area (Å²) in [5.74, 6) is 2.51. The molecule has 0 aliphatic carbocycles. The number of amides is 2.